The highest BCUT2D eigenvalue weighted by atomic mass is 79.9. The second-order valence-corrected chi connectivity index (χ2v) is 9.86. The highest BCUT2D eigenvalue weighted by Gasteiger charge is 2.43. The van der Waals surface area contributed by atoms with E-state index in [1.165, 1.54) is 0 Å². The predicted molar refractivity (Wildman–Crippen MR) is 120 cm³/mol. The third-order valence-electron chi connectivity index (χ3n) is 5.44. The minimum absolute atomic E-state index is 0.0740. The van der Waals surface area contributed by atoms with E-state index in [-0.39, 0.29) is 23.9 Å². The lowest BCUT2D eigenvalue weighted by atomic mass is 9.68. The van der Waals surface area contributed by atoms with Crippen molar-refractivity contribution in [3.8, 4) is 0 Å². The minimum atomic E-state index is -0.459. The molecule has 0 amide bonds. The second kappa shape index (κ2) is 9.06. The quantitative estimate of drug-likeness (QED) is 0.462. The van der Waals surface area contributed by atoms with Crippen LogP contribution in [0.2, 0.25) is 0 Å². The molecule has 0 saturated carbocycles. The number of carbonyl (C=O) groups is 2. The zero-order valence-corrected chi connectivity index (χ0v) is 19.9. The van der Waals surface area contributed by atoms with Gasteiger partial charge in [0.25, 0.3) is 0 Å². The number of nitrogens with one attached hydrogen (secondary N) is 1. The number of hydrogen-bond donors (Lipinski definition) is 1. The number of ether oxygens (including phenoxy) is 2. The fraction of sp³-hybridized carbons (Fsp3) is 0.500. The SMILES string of the molecule is CC1=C(C(=O)OCCOC(C)C)[C@H](c2ccccc2Br)C2=C(CC(C)(C)CC2=O)N1. The molecule has 1 aliphatic carbocycles. The summed E-state index contributed by atoms with van der Waals surface area (Å²) in [6, 6.07) is 7.74. The van der Waals surface area contributed by atoms with Crippen LogP contribution >= 0.6 is 15.9 Å². The van der Waals surface area contributed by atoms with Crippen LogP contribution in [0.5, 0.6) is 0 Å². The molecule has 1 aliphatic heterocycles. The fourth-order valence-corrected chi connectivity index (χ4v) is 4.74. The maximum absolute atomic E-state index is 13.2. The molecule has 0 spiro atoms. The van der Waals surface area contributed by atoms with Crippen molar-refractivity contribution < 1.29 is 19.1 Å². The largest absolute Gasteiger partial charge is 0.460 e. The molecule has 5 nitrogen and oxygen atoms in total. The molecule has 0 unspecified atom stereocenters. The highest BCUT2D eigenvalue weighted by Crippen LogP contribution is 2.48. The Bertz CT molecular complexity index is 914. The summed E-state index contributed by atoms with van der Waals surface area (Å²) in [5.41, 5.74) is 3.58. The summed E-state index contributed by atoms with van der Waals surface area (Å²) in [6.45, 7) is 10.5. The van der Waals surface area contributed by atoms with Gasteiger partial charge in [-0.3, -0.25) is 4.79 Å². The number of rotatable bonds is 6. The minimum Gasteiger partial charge on any atom is -0.460 e. The maximum atomic E-state index is 13.2. The van der Waals surface area contributed by atoms with E-state index < -0.39 is 11.9 Å². The molecule has 6 heteroatoms. The number of allylic oxidation sites excluding steroid dienone is 3. The first-order valence-electron chi connectivity index (χ1n) is 10.4. The smallest absolute Gasteiger partial charge is 0.336 e. The van der Waals surface area contributed by atoms with E-state index in [4.69, 9.17) is 9.47 Å². The number of ketones is 1. The van der Waals surface area contributed by atoms with Crippen LogP contribution in [-0.4, -0.2) is 31.1 Å². The first-order valence-corrected chi connectivity index (χ1v) is 11.2. The van der Waals surface area contributed by atoms with E-state index >= 15 is 0 Å². The molecule has 2 aliphatic rings. The normalized spacial score (nSPS) is 20.9. The van der Waals surface area contributed by atoms with Crippen LogP contribution < -0.4 is 5.32 Å². The topological polar surface area (TPSA) is 64.6 Å². The van der Waals surface area contributed by atoms with Crippen molar-refractivity contribution in [2.75, 3.05) is 13.2 Å². The van der Waals surface area contributed by atoms with E-state index in [0.29, 0.717) is 24.2 Å². The van der Waals surface area contributed by atoms with Crippen LogP contribution in [0.15, 0.2) is 51.3 Å². The molecule has 1 atom stereocenters. The van der Waals surface area contributed by atoms with Crippen LogP contribution in [0.1, 0.15) is 58.9 Å². The van der Waals surface area contributed by atoms with Crippen molar-refractivity contribution in [1.82, 2.24) is 5.32 Å². The van der Waals surface area contributed by atoms with E-state index in [2.05, 4.69) is 35.1 Å². The van der Waals surface area contributed by atoms with Gasteiger partial charge in [0, 0.05) is 33.8 Å². The first-order chi connectivity index (χ1) is 14.1. The van der Waals surface area contributed by atoms with Gasteiger partial charge < -0.3 is 14.8 Å². The van der Waals surface area contributed by atoms with Crippen LogP contribution in [0.3, 0.4) is 0 Å². The molecule has 0 saturated heterocycles. The Morgan fingerprint density at radius 1 is 1.23 bits per heavy atom. The lowest BCUT2D eigenvalue weighted by Crippen LogP contribution is -2.39. The maximum Gasteiger partial charge on any atom is 0.336 e. The Hall–Kier alpha value is -1.92. The summed E-state index contributed by atoms with van der Waals surface area (Å²) in [5, 5.41) is 3.35. The number of halogens is 1. The van der Waals surface area contributed by atoms with Gasteiger partial charge in [-0.05, 0) is 44.2 Å². The molecule has 162 valence electrons. The van der Waals surface area contributed by atoms with Crippen molar-refractivity contribution in [2.45, 2.75) is 59.5 Å². The summed E-state index contributed by atoms with van der Waals surface area (Å²) in [5.74, 6) is -0.799. The van der Waals surface area contributed by atoms with Gasteiger partial charge in [-0.25, -0.2) is 4.79 Å². The highest BCUT2D eigenvalue weighted by molar-refractivity contribution is 9.10. The molecular weight excluding hydrogens is 446 g/mol. The number of Topliss-reactive ketones (excluding diaryl/α,β-unsaturated/α-hetero) is 1. The Morgan fingerprint density at radius 3 is 2.60 bits per heavy atom. The van der Waals surface area contributed by atoms with E-state index in [1.54, 1.807) is 0 Å². The summed E-state index contributed by atoms with van der Waals surface area (Å²) < 4.78 is 11.9. The first kappa shape index (κ1) is 22.8. The van der Waals surface area contributed by atoms with E-state index in [1.807, 2.05) is 45.0 Å². The van der Waals surface area contributed by atoms with Crippen molar-refractivity contribution in [3.05, 3.63) is 56.8 Å². The van der Waals surface area contributed by atoms with Crippen molar-refractivity contribution in [1.29, 1.82) is 0 Å². The van der Waals surface area contributed by atoms with Gasteiger partial charge in [0.05, 0.1) is 18.3 Å². The van der Waals surface area contributed by atoms with Crippen molar-refractivity contribution in [2.24, 2.45) is 5.41 Å². The fourth-order valence-electron chi connectivity index (χ4n) is 4.22. The molecule has 30 heavy (non-hydrogen) atoms. The number of dihydropyridines is 1. The molecular formula is C24H30BrNO4. The zero-order valence-electron chi connectivity index (χ0n) is 18.3. The Morgan fingerprint density at radius 2 is 1.93 bits per heavy atom. The monoisotopic (exact) mass is 475 g/mol. The van der Waals surface area contributed by atoms with Crippen LogP contribution in [0, 0.1) is 5.41 Å². The van der Waals surface area contributed by atoms with Crippen LogP contribution in [-0.2, 0) is 19.1 Å². The summed E-state index contributed by atoms with van der Waals surface area (Å²) in [7, 11) is 0. The van der Waals surface area contributed by atoms with Gasteiger partial charge in [-0.2, -0.15) is 0 Å². The molecule has 0 bridgehead atoms. The van der Waals surface area contributed by atoms with E-state index in [9.17, 15) is 9.59 Å². The molecule has 1 aromatic rings. The number of hydrogen-bond acceptors (Lipinski definition) is 5. The number of carbonyl (C=O) groups excluding carboxylic acids is 2. The zero-order chi connectivity index (χ0) is 22.1. The third kappa shape index (κ3) is 4.86. The average molecular weight is 476 g/mol. The molecule has 1 heterocycles. The average Bonchev–Trinajstić information content (AvgIpc) is 2.63. The molecule has 1 aromatic carbocycles. The predicted octanol–water partition coefficient (Wildman–Crippen LogP) is 5.02. The Labute approximate surface area is 187 Å². The molecule has 0 radical (unpaired) electrons. The van der Waals surface area contributed by atoms with Gasteiger partial charge in [0.1, 0.15) is 6.61 Å². The molecule has 0 fully saturated rings. The third-order valence-corrected chi connectivity index (χ3v) is 6.17. The van der Waals surface area contributed by atoms with Crippen molar-refractivity contribution in [3.63, 3.8) is 0 Å². The van der Waals surface area contributed by atoms with Gasteiger partial charge in [-0.1, -0.05) is 48.0 Å². The lowest BCUT2D eigenvalue weighted by molar-refractivity contribution is -0.141. The molecule has 0 aromatic heterocycles. The molecule has 3 rings (SSSR count). The Balaban J connectivity index is 2.00. The molecule has 1 N–H and O–H groups in total. The standard InChI is InChI=1S/C24H30BrNO4/c1-14(2)29-10-11-30-23(28)20-15(3)26-18-12-24(4,5)13-19(27)22(18)21(20)16-8-6-7-9-17(16)25/h6-9,14,21,26H,10-13H2,1-5H3/t21-/m0/s1. The van der Waals surface area contributed by atoms with Gasteiger partial charge >= 0.3 is 5.97 Å². The van der Waals surface area contributed by atoms with Crippen LogP contribution in [0.25, 0.3) is 0 Å². The summed E-state index contributed by atoms with van der Waals surface area (Å²) >= 11 is 3.62. The van der Waals surface area contributed by atoms with Crippen LogP contribution in [0.4, 0.5) is 0 Å². The number of benzene rings is 1. The summed E-state index contributed by atoms with van der Waals surface area (Å²) in [4.78, 5) is 26.4. The number of esters is 1. The lowest BCUT2D eigenvalue weighted by Gasteiger charge is -2.39. The second-order valence-electron chi connectivity index (χ2n) is 9.01. The Kier molecular flexibility index (Phi) is 6.88. The van der Waals surface area contributed by atoms with Gasteiger partial charge in [0.2, 0.25) is 0 Å². The summed E-state index contributed by atoms with van der Waals surface area (Å²) in [6.07, 6.45) is 1.29. The van der Waals surface area contributed by atoms with Gasteiger partial charge in [-0.15, -0.1) is 0 Å². The van der Waals surface area contributed by atoms with E-state index in [0.717, 1.165) is 27.9 Å². The van der Waals surface area contributed by atoms with Crippen molar-refractivity contribution >= 4 is 27.7 Å². The van der Waals surface area contributed by atoms with Gasteiger partial charge in [0.15, 0.2) is 5.78 Å².